The molecule has 0 spiro atoms. The van der Waals surface area contributed by atoms with Crippen molar-refractivity contribution in [2.75, 3.05) is 37.7 Å². The van der Waals surface area contributed by atoms with Gasteiger partial charge in [-0.1, -0.05) is 0 Å². The Labute approximate surface area is 119 Å². The Bertz CT molecular complexity index is 319. The van der Waals surface area contributed by atoms with Crippen molar-refractivity contribution in [3.63, 3.8) is 0 Å². The first-order valence-electron chi connectivity index (χ1n) is 6.88. The number of ether oxygens (including phenoxy) is 1. The number of carbonyl (C=O) groups excluding carboxylic acids is 1. The number of hydrogen-bond donors (Lipinski definition) is 2. The molecule has 19 heavy (non-hydrogen) atoms. The molecule has 2 N–H and O–H groups in total. The number of thioether (sulfide) groups is 1. The van der Waals surface area contributed by atoms with Crippen LogP contribution in [0.4, 0.5) is 0 Å². The summed E-state index contributed by atoms with van der Waals surface area (Å²) in [6, 6.07) is 0.282. The number of amides is 1. The van der Waals surface area contributed by atoms with E-state index in [2.05, 4.69) is 5.32 Å². The van der Waals surface area contributed by atoms with E-state index in [9.17, 15) is 9.90 Å². The molecule has 110 valence electrons. The summed E-state index contributed by atoms with van der Waals surface area (Å²) in [5.74, 6) is 2.29. The number of morpholine rings is 1. The summed E-state index contributed by atoms with van der Waals surface area (Å²) in [5.41, 5.74) is -0.379. The second-order valence-electron chi connectivity index (χ2n) is 5.89. The van der Waals surface area contributed by atoms with Crippen molar-refractivity contribution >= 4 is 17.7 Å². The van der Waals surface area contributed by atoms with E-state index in [1.54, 1.807) is 0 Å². The minimum absolute atomic E-state index is 0.0370. The van der Waals surface area contributed by atoms with Crippen LogP contribution in [0.3, 0.4) is 0 Å². The van der Waals surface area contributed by atoms with Crippen molar-refractivity contribution in [1.82, 2.24) is 10.2 Å². The van der Waals surface area contributed by atoms with Gasteiger partial charge in [0.05, 0.1) is 18.3 Å². The van der Waals surface area contributed by atoms with Crippen LogP contribution in [-0.4, -0.2) is 71.4 Å². The minimum atomic E-state index is -0.379. The Morgan fingerprint density at radius 3 is 3.00 bits per heavy atom. The smallest absolute Gasteiger partial charge is 0.224 e. The van der Waals surface area contributed by atoms with E-state index in [0.717, 1.165) is 18.1 Å². The molecule has 6 heteroatoms. The highest BCUT2D eigenvalue weighted by molar-refractivity contribution is 7.99. The van der Waals surface area contributed by atoms with Crippen molar-refractivity contribution in [3.05, 3.63) is 0 Å². The molecule has 1 amide bonds. The van der Waals surface area contributed by atoms with Gasteiger partial charge >= 0.3 is 0 Å². The maximum Gasteiger partial charge on any atom is 0.224 e. The van der Waals surface area contributed by atoms with Crippen molar-refractivity contribution in [2.45, 2.75) is 38.0 Å². The maximum atomic E-state index is 12.4. The maximum absolute atomic E-state index is 12.4. The Balaban J connectivity index is 1.89. The Kier molecular flexibility index (Phi) is 5.11. The number of hydrogen-bond acceptors (Lipinski definition) is 5. The zero-order valence-electron chi connectivity index (χ0n) is 11.7. The van der Waals surface area contributed by atoms with Crippen LogP contribution in [0.15, 0.2) is 0 Å². The van der Waals surface area contributed by atoms with Gasteiger partial charge < -0.3 is 20.1 Å². The number of aliphatic hydroxyl groups is 1. The topological polar surface area (TPSA) is 61.8 Å². The normalized spacial score (nSPS) is 31.2. The lowest BCUT2D eigenvalue weighted by atomic mass is 10.0. The van der Waals surface area contributed by atoms with E-state index in [1.165, 1.54) is 0 Å². The lowest BCUT2D eigenvalue weighted by Crippen LogP contribution is -2.56. The Morgan fingerprint density at radius 2 is 2.37 bits per heavy atom. The van der Waals surface area contributed by atoms with Crippen LogP contribution in [0.5, 0.6) is 0 Å². The molecule has 0 aromatic heterocycles. The molecule has 0 aromatic rings. The first kappa shape index (κ1) is 15.1. The number of aliphatic hydroxyl groups excluding tert-OH is 1. The number of nitrogens with one attached hydrogen (secondary N) is 1. The summed E-state index contributed by atoms with van der Waals surface area (Å²) in [7, 11) is 0. The molecule has 2 fully saturated rings. The van der Waals surface area contributed by atoms with Crippen LogP contribution in [0.1, 0.15) is 20.3 Å². The highest BCUT2D eigenvalue weighted by Crippen LogP contribution is 2.22. The fourth-order valence-electron chi connectivity index (χ4n) is 2.67. The third-order valence-corrected chi connectivity index (χ3v) is 4.59. The SMILES string of the molecule is CC1(C)CN(C(=O)CC2CSCCN2)CC(CO)O1. The average Bonchev–Trinajstić information content (AvgIpc) is 2.38. The van der Waals surface area contributed by atoms with Gasteiger partial charge in [-0.15, -0.1) is 0 Å². The molecule has 2 aliphatic heterocycles. The highest BCUT2D eigenvalue weighted by Gasteiger charge is 2.35. The predicted molar refractivity (Wildman–Crippen MR) is 76.4 cm³/mol. The van der Waals surface area contributed by atoms with Gasteiger partial charge in [0.25, 0.3) is 0 Å². The van der Waals surface area contributed by atoms with E-state index < -0.39 is 0 Å². The van der Waals surface area contributed by atoms with Crippen LogP contribution < -0.4 is 5.32 Å². The zero-order chi connectivity index (χ0) is 13.9. The summed E-state index contributed by atoms with van der Waals surface area (Å²) in [4.78, 5) is 14.2. The van der Waals surface area contributed by atoms with E-state index in [1.807, 2.05) is 30.5 Å². The molecule has 0 aliphatic carbocycles. The highest BCUT2D eigenvalue weighted by atomic mass is 32.2. The fraction of sp³-hybridized carbons (Fsp3) is 0.923. The molecule has 5 nitrogen and oxygen atoms in total. The standard InChI is InChI=1S/C13H24N2O3S/c1-13(2)9-15(6-11(7-16)18-13)12(17)5-10-8-19-4-3-14-10/h10-11,14,16H,3-9H2,1-2H3. The van der Waals surface area contributed by atoms with Crippen molar-refractivity contribution in [2.24, 2.45) is 0 Å². The molecular formula is C13H24N2O3S. The van der Waals surface area contributed by atoms with Gasteiger partial charge in [0, 0.05) is 43.6 Å². The molecule has 2 saturated heterocycles. The monoisotopic (exact) mass is 288 g/mol. The second kappa shape index (κ2) is 6.43. The number of rotatable bonds is 3. The van der Waals surface area contributed by atoms with Gasteiger partial charge in [-0.3, -0.25) is 4.79 Å². The first-order chi connectivity index (χ1) is 9.00. The summed E-state index contributed by atoms with van der Waals surface area (Å²) in [6.45, 7) is 5.97. The van der Waals surface area contributed by atoms with Gasteiger partial charge in [-0.05, 0) is 13.8 Å². The van der Waals surface area contributed by atoms with Crippen LogP contribution in [-0.2, 0) is 9.53 Å². The zero-order valence-corrected chi connectivity index (χ0v) is 12.5. The Hall–Kier alpha value is -0.300. The van der Waals surface area contributed by atoms with E-state index in [4.69, 9.17) is 4.74 Å². The molecule has 2 heterocycles. The van der Waals surface area contributed by atoms with Crippen molar-refractivity contribution in [3.8, 4) is 0 Å². The Morgan fingerprint density at radius 1 is 1.58 bits per heavy atom. The van der Waals surface area contributed by atoms with E-state index >= 15 is 0 Å². The van der Waals surface area contributed by atoms with Crippen LogP contribution in [0, 0.1) is 0 Å². The summed E-state index contributed by atoms with van der Waals surface area (Å²) in [5, 5.41) is 12.7. The first-order valence-corrected chi connectivity index (χ1v) is 8.03. The molecule has 2 aliphatic rings. The summed E-state index contributed by atoms with van der Waals surface area (Å²) >= 11 is 1.90. The molecule has 0 radical (unpaired) electrons. The van der Waals surface area contributed by atoms with Gasteiger partial charge in [0.15, 0.2) is 0 Å². The molecule has 0 aromatic carbocycles. The lowest BCUT2D eigenvalue weighted by Gasteiger charge is -2.42. The van der Waals surface area contributed by atoms with Crippen molar-refractivity contribution in [1.29, 1.82) is 0 Å². The van der Waals surface area contributed by atoms with Gasteiger partial charge in [0.1, 0.15) is 0 Å². The molecule has 2 atom stereocenters. The number of nitrogens with zero attached hydrogens (tertiary/aromatic N) is 1. The molecule has 0 bridgehead atoms. The van der Waals surface area contributed by atoms with Crippen LogP contribution >= 0.6 is 11.8 Å². The quantitative estimate of drug-likeness (QED) is 0.770. The average molecular weight is 288 g/mol. The molecule has 0 saturated carbocycles. The van der Waals surface area contributed by atoms with Crippen molar-refractivity contribution < 1.29 is 14.6 Å². The third kappa shape index (κ3) is 4.34. The lowest BCUT2D eigenvalue weighted by molar-refractivity contribution is -0.167. The molecule has 2 unspecified atom stereocenters. The largest absolute Gasteiger partial charge is 0.394 e. The van der Waals surface area contributed by atoms with Gasteiger partial charge in [-0.25, -0.2) is 0 Å². The second-order valence-corrected chi connectivity index (χ2v) is 7.04. The van der Waals surface area contributed by atoms with Gasteiger partial charge in [0.2, 0.25) is 5.91 Å². The van der Waals surface area contributed by atoms with Gasteiger partial charge in [-0.2, -0.15) is 11.8 Å². The summed E-state index contributed by atoms with van der Waals surface area (Å²) in [6.07, 6.45) is 0.280. The fourth-order valence-corrected chi connectivity index (χ4v) is 3.62. The predicted octanol–water partition coefficient (Wildman–Crippen LogP) is 0.0798. The van der Waals surface area contributed by atoms with E-state index in [-0.39, 0.29) is 30.3 Å². The van der Waals surface area contributed by atoms with Crippen LogP contribution in [0.2, 0.25) is 0 Å². The summed E-state index contributed by atoms with van der Waals surface area (Å²) < 4.78 is 5.73. The van der Waals surface area contributed by atoms with Crippen LogP contribution in [0.25, 0.3) is 0 Å². The van der Waals surface area contributed by atoms with E-state index in [0.29, 0.717) is 19.5 Å². The minimum Gasteiger partial charge on any atom is -0.394 e. The molecular weight excluding hydrogens is 264 g/mol. The third-order valence-electron chi connectivity index (χ3n) is 3.46. The molecule has 2 rings (SSSR count). The number of carbonyl (C=O) groups is 1.